The van der Waals surface area contributed by atoms with Crippen LogP contribution in [0.1, 0.15) is 18.1 Å². The third kappa shape index (κ3) is 4.70. The number of aromatic nitrogens is 1. The van der Waals surface area contributed by atoms with Gasteiger partial charge in [-0.05, 0) is 36.8 Å². The van der Waals surface area contributed by atoms with Gasteiger partial charge >= 0.3 is 0 Å². The summed E-state index contributed by atoms with van der Waals surface area (Å²) in [5.74, 6) is -0.0231. The van der Waals surface area contributed by atoms with Gasteiger partial charge in [-0.25, -0.2) is 9.37 Å². The zero-order chi connectivity index (χ0) is 15.8. The van der Waals surface area contributed by atoms with Gasteiger partial charge in [-0.15, -0.1) is 0 Å². The highest BCUT2D eigenvalue weighted by Gasteiger charge is 2.04. The largest absolute Gasteiger partial charge is 0.478 e. The van der Waals surface area contributed by atoms with Crippen molar-refractivity contribution in [2.45, 2.75) is 13.5 Å². The predicted molar refractivity (Wildman–Crippen MR) is 82.7 cm³/mol. The van der Waals surface area contributed by atoms with Crippen molar-refractivity contribution in [1.82, 2.24) is 10.3 Å². The summed E-state index contributed by atoms with van der Waals surface area (Å²) >= 11 is 0. The summed E-state index contributed by atoms with van der Waals surface area (Å²) in [7, 11) is 0. The van der Waals surface area contributed by atoms with Gasteiger partial charge in [0, 0.05) is 24.4 Å². The van der Waals surface area contributed by atoms with Crippen molar-refractivity contribution >= 4 is 12.0 Å². The Hall–Kier alpha value is -2.69. The molecule has 0 spiro atoms. The lowest BCUT2D eigenvalue weighted by atomic mass is 10.2. The first-order valence-electron chi connectivity index (χ1n) is 6.97. The molecule has 0 bridgehead atoms. The normalized spacial score (nSPS) is 10.6. The number of benzene rings is 1. The molecule has 0 radical (unpaired) electrons. The molecule has 114 valence electrons. The molecule has 0 atom stereocenters. The highest BCUT2D eigenvalue weighted by atomic mass is 19.1. The molecule has 0 aliphatic rings. The van der Waals surface area contributed by atoms with E-state index >= 15 is 0 Å². The van der Waals surface area contributed by atoms with Crippen molar-refractivity contribution in [1.29, 1.82) is 0 Å². The van der Waals surface area contributed by atoms with Crippen LogP contribution in [0.3, 0.4) is 0 Å². The summed E-state index contributed by atoms with van der Waals surface area (Å²) < 4.78 is 18.2. The number of carbonyl (C=O) groups is 1. The van der Waals surface area contributed by atoms with E-state index in [0.717, 1.165) is 11.1 Å². The standard InChI is InChI=1S/C17H17FN2O2/c1-2-22-17-14(4-3-11-19-17)12-20-16(21)10-7-13-5-8-15(18)9-6-13/h3-11H,2,12H2,1H3,(H,20,21)/b10-7+. The van der Waals surface area contributed by atoms with Crippen LogP contribution >= 0.6 is 0 Å². The van der Waals surface area contributed by atoms with Gasteiger partial charge < -0.3 is 10.1 Å². The van der Waals surface area contributed by atoms with Crippen LogP contribution in [0, 0.1) is 5.82 Å². The Morgan fingerprint density at radius 3 is 2.82 bits per heavy atom. The first-order valence-corrected chi connectivity index (χ1v) is 6.97. The first-order chi connectivity index (χ1) is 10.7. The molecule has 22 heavy (non-hydrogen) atoms. The lowest BCUT2D eigenvalue weighted by Gasteiger charge is -2.08. The summed E-state index contributed by atoms with van der Waals surface area (Å²) in [6.45, 7) is 2.72. The van der Waals surface area contributed by atoms with Gasteiger partial charge in [0.05, 0.1) is 6.61 Å². The van der Waals surface area contributed by atoms with Gasteiger partial charge in [0.25, 0.3) is 0 Å². The zero-order valence-corrected chi connectivity index (χ0v) is 12.3. The Balaban J connectivity index is 1.91. The molecule has 0 saturated carbocycles. The van der Waals surface area contributed by atoms with E-state index in [2.05, 4.69) is 10.3 Å². The topological polar surface area (TPSA) is 51.2 Å². The Kier molecular flexibility index (Phi) is 5.65. The highest BCUT2D eigenvalue weighted by Crippen LogP contribution is 2.13. The Morgan fingerprint density at radius 1 is 1.32 bits per heavy atom. The van der Waals surface area contributed by atoms with Gasteiger partial charge in [0.2, 0.25) is 11.8 Å². The lowest BCUT2D eigenvalue weighted by molar-refractivity contribution is -0.116. The number of pyridine rings is 1. The minimum absolute atomic E-state index is 0.240. The third-order valence-corrected chi connectivity index (χ3v) is 2.88. The predicted octanol–water partition coefficient (Wildman–Crippen LogP) is 2.95. The molecule has 0 aliphatic heterocycles. The minimum Gasteiger partial charge on any atom is -0.478 e. The number of carbonyl (C=O) groups excluding carboxylic acids is 1. The van der Waals surface area contributed by atoms with Crippen molar-refractivity contribution in [3.8, 4) is 5.88 Å². The van der Waals surface area contributed by atoms with Gasteiger partial charge in [-0.3, -0.25) is 4.79 Å². The van der Waals surface area contributed by atoms with E-state index in [-0.39, 0.29) is 11.7 Å². The van der Waals surface area contributed by atoms with E-state index in [1.165, 1.54) is 18.2 Å². The number of nitrogens with zero attached hydrogens (tertiary/aromatic N) is 1. The van der Waals surface area contributed by atoms with Crippen molar-refractivity contribution in [2.75, 3.05) is 6.61 Å². The van der Waals surface area contributed by atoms with E-state index in [9.17, 15) is 9.18 Å². The molecule has 0 aliphatic carbocycles. The maximum absolute atomic E-state index is 12.8. The number of hydrogen-bond donors (Lipinski definition) is 1. The second kappa shape index (κ2) is 7.93. The highest BCUT2D eigenvalue weighted by molar-refractivity contribution is 5.91. The third-order valence-electron chi connectivity index (χ3n) is 2.88. The minimum atomic E-state index is -0.304. The fourth-order valence-electron chi connectivity index (χ4n) is 1.81. The van der Waals surface area contributed by atoms with E-state index in [0.29, 0.717) is 19.0 Å². The Labute approximate surface area is 128 Å². The molecule has 0 fully saturated rings. The summed E-state index contributed by atoms with van der Waals surface area (Å²) in [5, 5.41) is 2.76. The van der Waals surface area contributed by atoms with Crippen molar-refractivity contribution < 1.29 is 13.9 Å². The molecule has 2 rings (SSSR count). The molecule has 1 N–H and O–H groups in total. The van der Waals surface area contributed by atoms with Gasteiger partial charge in [-0.1, -0.05) is 18.2 Å². The second-order valence-corrected chi connectivity index (χ2v) is 4.50. The van der Waals surface area contributed by atoms with Crippen molar-refractivity contribution in [3.63, 3.8) is 0 Å². The van der Waals surface area contributed by atoms with E-state index < -0.39 is 0 Å². The smallest absolute Gasteiger partial charge is 0.244 e. The molecule has 1 aromatic carbocycles. The number of nitrogens with one attached hydrogen (secondary N) is 1. The molecule has 0 unspecified atom stereocenters. The monoisotopic (exact) mass is 300 g/mol. The maximum atomic E-state index is 12.8. The van der Waals surface area contributed by atoms with Crippen LogP contribution < -0.4 is 10.1 Å². The Morgan fingerprint density at radius 2 is 2.09 bits per heavy atom. The maximum Gasteiger partial charge on any atom is 0.244 e. The molecular weight excluding hydrogens is 283 g/mol. The molecule has 0 saturated heterocycles. The van der Waals surface area contributed by atoms with E-state index in [4.69, 9.17) is 4.74 Å². The van der Waals surface area contributed by atoms with E-state index in [1.54, 1.807) is 30.5 Å². The quantitative estimate of drug-likeness (QED) is 0.835. The van der Waals surface area contributed by atoms with Gasteiger partial charge in [-0.2, -0.15) is 0 Å². The number of ether oxygens (including phenoxy) is 1. The SMILES string of the molecule is CCOc1ncccc1CNC(=O)/C=C/c1ccc(F)cc1. The molecule has 4 nitrogen and oxygen atoms in total. The lowest BCUT2D eigenvalue weighted by Crippen LogP contribution is -2.20. The number of halogens is 1. The summed E-state index contributed by atoms with van der Waals surface area (Å²) in [6, 6.07) is 9.55. The van der Waals surface area contributed by atoms with Crippen LogP contribution in [0.5, 0.6) is 5.88 Å². The second-order valence-electron chi connectivity index (χ2n) is 4.50. The fourth-order valence-corrected chi connectivity index (χ4v) is 1.81. The van der Waals surface area contributed by atoms with Gasteiger partial charge in [0.1, 0.15) is 5.82 Å². The summed E-state index contributed by atoms with van der Waals surface area (Å²) in [5.41, 5.74) is 1.57. The first kappa shape index (κ1) is 15.7. The van der Waals surface area contributed by atoms with Crippen LogP contribution in [0.25, 0.3) is 6.08 Å². The fraction of sp³-hybridized carbons (Fsp3) is 0.176. The van der Waals surface area contributed by atoms with Crippen LogP contribution in [-0.2, 0) is 11.3 Å². The van der Waals surface area contributed by atoms with Crippen molar-refractivity contribution in [2.24, 2.45) is 0 Å². The van der Waals surface area contributed by atoms with Crippen LogP contribution in [0.15, 0.2) is 48.7 Å². The van der Waals surface area contributed by atoms with Crippen LogP contribution in [0.2, 0.25) is 0 Å². The Bertz CT molecular complexity index is 654. The van der Waals surface area contributed by atoms with Gasteiger partial charge in [0.15, 0.2) is 0 Å². The zero-order valence-electron chi connectivity index (χ0n) is 12.3. The molecule has 5 heteroatoms. The average Bonchev–Trinajstić information content (AvgIpc) is 2.54. The van der Waals surface area contributed by atoms with Crippen molar-refractivity contribution in [3.05, 3.63) is 65.6 Å². The number of amides is 1. The summed E-state index contributed by atoms with van der Waals surface area (Å²) in [6.07, 6.45) is 4.68. The molecule has 2 aromatic rings. The number of hydrogen-bond acceptors (Lipinski definition) is 3. The molecular formula is C17H17FN2O2. The summed E-state index contributed by atoms with van der Waals surface area (Å²) in [4.78, 5) is 15.9. The van der Waals surface area contributed by atoms with E-state index in [1.807, 2.05) is 13.0 Å². The molecule has 1 amide bonds. The molecule has 1 heterocycles. The average molecular weight is 300 g/mol. The van der Waals surface area contributed by atoms with Crippen LogP contribution in [-0.4, -0.2) is 17.5 Å². The molecule has 1 aromatic heterocycles. The number of rotatable bonds is 6. The van der Waals surface area contributed by atoms with Crippen LogP contribution in [0.4, 0.5) is 4.39 Å².